The van der Waals surface area contributed by atoms with Crippen molar-refractivity contribution in [2.45, 2.75) is 39.7 Å². The first-order valence-electron chi connectivity index (χ1n) is 10.4. The van der Waals surface area contributed by atoms with Gasteiger partial charge in [-0.25, -0.2) is 0 Å². The van der Waals surface area contributed by atoms with E-state index >= 15 is 0 Å². The van der Waals surface area contributed by atoms with Gasteiger partial charge in [-0.15, -0.1) is 0 Å². The lowest BCUT2D eigenvalue weighted by atomic mass is 10.0. The van der Waals surface area contributed by atoms with Gasteiger partial charge in [-0.05, 0) is 68.3 Å². The van der Waals surface area contributed by atoms with Crippen LogP contribution in [0.4, 0.5) is 11.4 Å². The van der Waals surface area contributed by atoms with Gasteiger partial charge in [0.2, 0.25) is 0 Å². The molecule has 3 rings (SSSR count). The number of anilines is 2. The van der Waals surface area contributed by atoms with Gasteiger partial charge < -0.3 is 19.9 Å². The Balaban J connectivity index is 1.61. The van der Waals surface area contributed by atoms with Gasteiger partial charge in [0.15, 0.2) is 6.10 Å². The summed E-state index contributed by atoms with van der Waals surface area (Å²) in [5.74, 6) is 0.976. The number of nitrogens with zero attached hydrogens (tertiary/aromatic N) is 2. The second-order valence-electron chi connectivity index (χ2n) is 8.28. The van der Waals surface area contributed by atoms with Crippen molar-refractivity contribution in [3.05, 3.63) is 53.6 Å². The number of rotatable bonds is 6. The maximum atomic E-state index is 12.7. The van der Waals surface area contributed by atoms with E-state index in [9.17, 15) is 4.79 Å². The van der Waals surface area contributed by atoms with Crippen LogP contribution in [0.15, 0.2) is 42.5 Å². The lowest BCUT2D eigenvalue weighted by molar-refractivity contribution is -0.122. The summed E-state index contributed by atoms with van der Waals surface area (Å²) < 4.78 is 6.03. The minimum absolute atomic E-state index is 0.145. The molecule has 29 heavy (non-hydrogen) atoms. The molecule has 0 bridgehead atoms. The Morgan fingerprint density at radius 3 is 2.28 bits per heavy atom. The Bertz CT molecular complexity index is 825. The maximum absolute atomic E-state index is 12.7. The zero-order valence-corrected chi connectivity index (χ0v) is 18.2. The summed E-state index contributed by atoms with van der Waals surface area (Å²) in [5, 5.41) is 2.97. The van der Waals surface area contributed by atoms with E-state index in [1.165, 1.54) is 5.69 Å². The van der Waals surface area contributed by atoms with E-state index in [-0.39, 0.29) is 5.91 Å². The van der Waals surface area contributed by atoms with Crippen molar-refractivity contribution in [2.75, 3.05) is 43.4 Å². The third-order valence-electron chi connectivity index (χ3n) is 5.47. The first-order valence-corrected chi connectivity index (χ1v) is 10.4. The number of benzene rings is 2. The van der Waals surface area contributed by atoms with Crippen molar-refractivity contribution in [2.24, 2.45) is 0 Å². The number of ether oxygens (including phenoxy) is 1. The zero-order chi connectivity index (χ0) is 21.0. The molecular formula is C24H33N3O2. The highest BCUT2D eigenvalue weighted by atomic mass is 16.5. The molecule has 2 aromatic rings. The van der Waals surface area contributed by atoms with Gasteiger partial charge in [0.1, 0.15) is 5.75 Å². The van der Waals surface area contributed by atoms with Gasteiger partial charge in [-0.2, -0.15) is 0 Å². The molecule has 5 heteroatoms. The molecule has 5 nitrogen and oxygen atoms in total. The lowest BCUT2D eigenvalue weighted by Gasteiger charge is -2.34. The van der Waals surface area contributed by atoms with Gasteiger partial charge in [-0.3, -0.25) is 4.79 Å². The van der Waals surface area contributed by atoms with Gasteiger partial charge in [-0.1, -0.05) is 26.0 Å². The molecule has 0 spiro atoms. The number of amides is 1. The van der Waals surface area contributed by atoms with Crippen molar-refractivity contribution < 1.29 is 9.53 Å². The Morgan fingerprint density at radius 1 is 1.00 bits per heavy atom. The summed E-state index contributed by atoms with van der Waals surface area (Å²) in [5.41, 5.74) is 4.22. The Kier molecular flexibility index (Phi) is 6.80. The van der Waals surface area contributed by atoms with Crippen LogP contribution in [0, 0.1) is 6.92 Å². The molecule has 1 saturated heterocycles. The van der Waals surface area contributed by atoms with Crippen LogP contribution >= 0.6 is 0 Å². The molecule has 0 saturated carbocycles. The fraction of sp³-hybridized carbons (Fsp3) is 0.458. The van der Waals surface area contributed by atoms with E-state index < -0.39 is 6.10 Å². The smallest absolute Gasteiger partial charge is 0.265 e. The van der Waals surface area contributed by atoms with E-state index in [0.717, 1.165) is 48.7 Å². The van der Waals surface area contributed by atoms with E-state index in [0.29, 0.717) is 5.92 Å². The molecule has 0 aliphatic carbocycles. The van der Waals surface area contributed by atoms with Crippen LogP contribution in [0.25, 0.3) is 0 Å². The second kappa shape index (κ2) is 9.31. The van der Waals surface area contributed by atoms with Crippen molar-refractivity contribution in [1.29, 1.82) is 0 Å². The number of likely N-dealkylation sites (N-methyl/N-ethyl adjacent to an activating group) is 1. The average Bonchev–Trinajstić information content (AvgIpc) is 2.69. The average molecular weight is 396 g/mol. The fourth-order valence-electron chi connectivity index (χ4n) is 3.53. The summed E-state index contributed by atoms with van der Waals surface area (Å²) in [4.78, 5) is 17.4. The summed E-state index contributed by atoms with van der Waals surface area (Å²) in [6.07, 6.45) is -0.577. The van der Waals surface area contributed by atoms with Crippen molar-refractivity contribution in [3.8, 4) is 5.75 Å². The first kappa shape index (κ1) is 21.2. The predicted octanol–water partition coefficient (Wildman–Crippen LogP) is 4.28. The van der Waals surface area contributed by atoms with E-state index in [2.05, 4.69) is 60.3 Å². The monoisotopic (exact) mass is 395 g/mol. The number of carbonyl (C=O) groups excluding carboxylic acids is 1. The van der Waals surface area contributed by atoms with Crippen molar-refractivity contribution >= 4 is 17.3 Å². The summed E-state index contributed by atoms with van der Waals surface area (Å²) in [6.45, 7) is 12.3. The largest absolute Gasteiger partial charge is 0.481 e. The third kappa shape index (κ3) is 5.51. The minimum atomic E-state index is -0.577. The summed E-state index contributed by atoms with van der Waals surface area (Å²) >= 11 is 0. The Morgan fingerprint density at radius 2 is 1.66 bits per heavy atom. The zero-order valence-electron chi connectivity index (χ0n) is 18.2. The molecule has 1 N–H and O–H groups in total. The fourth-order valence-corrected chi connectivity index (χ4v) is 3.53. The normalized spacial score (nSPS) is 16.0. The molecule has 1 aliphatic heterocycles. The van der Waals surface area contributed by atoms with Crippen molar-refractivity contribution in [3.63, 3.8) is 0 Å². The number of piperazine rings is 1. The molecule has 0 unspecified atom stereocenters. The third-order valence-corrected chi connectivity index (χ3v) is 5.47. The number of hydrogen-bond donors (Lipinski definition) is 1. The summed E-state index contributed by atoms with van der Waals surface area (Å²) in [7, 11) is 2.15. The maximum Gasteiger partial charge on any atom is 0.265 e. The lowest BCUT2D eigenvalue weighted by Crippen LogP contribution is -2.44. The second-order valence-corrected chi connectivity index (χ2v) is 8.28. The van der Waals surface area contributed by atoms with Gasteiger partial charge in [0.05, 0.1) is 0 Å². The van der Waals surface area contributed by atoms with E-state index in [1.54, 1.807) is 6.92 Å². The van der Waals surface area contributed by atoms with Crippen LogP contribution in [0.3, 0.4) is 0 Å². The number of aryl methyl sites for hydroxylation is 1. The summed E-state index contributed by atoms with van der Waals surface area (Å²) in [6, 6.07) is 14.2. The minimum Gasteiger partial charge on any atom is -0.481 e. The van der Waals surface area contributed by atoms with Crippen LogP contribution in [-0.2, 0) is 4.79 Å². The number of hydrogen-bond acceptors (Lipinski definition) is 4. The highest BCUT2D eigenvalue weighted by Crippen LogP contribution is 2.28. The molecule has 1 fully saturated rings. The molecule has 2 aromatic carbocycles. The van der Waals surface area contributed by atoms with E-state index in [1.807, 2.05) is 25.1 Å². The van der Waals surface area contributed by atoms with Gasteiger partial charge in [0, 0.05) is 37.6 Å². The van der Waals surface area contributed by atoms with Crippen LogP contribution in [-0.4, -0.2) is 50.1 Å². The molecule has 1 amide bonds. The molecule has 0 aromatic heterocycles. The van der Waals surface area contributed by atoms with Gasteiger partial charge in [0.25, 0.3) is 5.91 Å². The predicted molar refractivity (Wildman–Crippen MR) is 120 cm³/mol. The van der Waals surface area contributed by atoms with Crippen molar-refractivity contribution in [1.82, 2.24) is 4.90 Å². The molecule has 0 radical (unpaired) electrons. The standard InChI is InChI=1S/C24H33N3O2/c1-17(2)22-11-6-18(3)16-23(22)29-19(4)24(28)25-20-7-9-21(10-8-20)27-14-12-26(5)13-15-27/h6-11,16-17,19H,12-15H2,1-5H3,(H,25,28)/t19-/m0/s1. The molecule has 156 valence electrons. The highest BCUT2D eigenvalue weighted by molar-refractivity contribution is 5.94. The van der Waals surface area contributed by atoms with Crippen LogP contribution in [0.2, 0.25) is 0 Å². The highest BCUT2D eigenvalue weighted by Gasteiger charge is 2.18. The molecule has 1 atom stereocenters. The Labute approximate surface area is 174 Å². The van der Waals surface area contributed by atoms with E-state index in [4.69, 9.17) is 4.74 Å². The Hall–Kier alpha value is -2.53. The van der Waals surface area contributed by atoms with Crippen LogP contribution in [0.1, 0.15) is 37.8 Å². The molecule has 1 aliphatic rings. The van der Waals surface area contributed by atoms with Gasteiger partial charge >= 0.3 is 0 Å². The SMILES string of the molecule is Cc1ccc(C(C)C)c(O[C@@H](C)C(=O)Nc2ccc(N3CCN(C)CC3)cc2)c1. The molecular weight excluding hydrogens is 362 g/mol. The van der Waals surface area contributed by atoms with Crippen LogP contribution < -0.4 is 15.0 Å². The first-order chi connectivity index (χ1) is 13.8. The quantitative estimate of drug-likeness (QED) is 0.793. The molecule has 1 heterocycles. The van der Waals surface area contributed by atoms with Crippen LogP contribution in [0.5, 0.6) is 5.75 Å². The topological polar surface area (TPSA) is 44.8 Å². The number of carbonyl (C=O) groups is 1. The number of nitrogens with one attached hydrogen (secondary N) is 1.